The highest BCUT2D eigenvalue weighted by Crippen LogP contribution is 2.32. The van der Waals surface area contributed by atoms with Crippen molar-refractivity contribution >= 4 is 26.7 Å². The van der Waals surface area contributed by atoms with Crippen molar-refractivity contribution in [2.75, 3.05) is 0 Å². The normalized spacial score (nSPS) is 12.6. The molecule has 3 aromatic carbocycles. The van der Waals surface area contributed by atoms with Gasteiger partial charge >= 0.3 is 0 Å². The molecular formula is C19H17BrO. The van der Waals surface area contributed by atoms with E-state index in [0.29, 0.717) is 0 Å². The Balaban J connectivity index is 2.15. The van der Waals surface area contributed by atoms with Crippen LogP contribution in [0.2, 0.25) is 0 Å². The predicted molar refractivity (Wildman–Crippen MR) is 91.6 cm³/mol. The highest BCUT2D eigenvalue weighted by atomic mass is 79.9. The summed E-state index contributed by atoms with van der Waals surface area (Å²) in [5.74, 6) is 0. The molecule has 0 heterocycles. The van der Waals surface area contributed by atoms with Gasteiger partial charge in [-0.25, -0.2) is 0 Å². The molecule has 0 aliphatic heterocycles. The third-order valence-electron chi connectivity index (χ3n) is 3.89. The smallest absolute Gasteiger partial charge is 0.105 e. The zero-order valence-electron chi connectivity index (χ0n) is 12.1. The lowest BCUT2D eigenvalue weighted by Gasteiger charge is -2.16. The van der Waals surface area contributed by atoms with E-state index in [1.165, 1.54) is 0 Å². The van der Waals surface area contributed by atoms with Gasteiger partial charge in [-0.05, 0) is 46.9 Å². The second-order valence-corrected chi connectivity index (χ2v) is 6.23. The van der Waals surface area contributed by atoms with Gasteiger partial charge in [0.1, 0.15) is 6.10 Å². The number of aliphatic hydroxyl groups excluding tert-OH is 1. The number of halogens is 1. The third kappa shape index (κ3) is 2.61. The van der Waals surface area contributed by atoms with Crippen LogP contribution in [-0.2, 0) is 0 Å². The molecule has 3 aromatic rings. The minimum absolute atomic E-state index is 0.610. The number of aryl methyl sites for hydroxylation is 2. The van der Waals surface area contributed by atoms with Crippen LogP contribution in [0.4, 0.5) is 0 Å². The number of hydrogen-bond donors (Lipinski definition) is 1. The minimum atomic E-state index is -0.610. The molecule has 0 radical (unpaired) electrons. The minimum Gasteiger partial charge on any atom is -0.384 e. The van der Waals surface area contributed by atoms with Crippen molar-refractivity contribution in [1.82, 2.24) is 0 Å². The number of rotatable bonds is 2. The quantitative estimate of drug-likeness (QED) is 0.670. The molecule has 106 valence electrons. The molecule has 1 nitrogen and oxygen atoms in total. The van der Waals surface area contributed by atoms with Gasteiger partial charge in [-0.1, -0.05) is 70.5 Å². The summed E-state index contributed by atoms with van der Waals surface area (Å²) < 4.78 is 1.11. The van der Waals surface area contributed by atoms with Crippen molar-refractivity contribution in [2.45, 2.75) is 20.0 Å². The van der Waals surface area contributed by atoms with E-state index in [2.05, 4.69) is 48.0 Å². The van der Waals surface area contributed by atoms with Crippen LogP contribution in [0.25, 0.3) is 10.8 Å². The lowest BCUT2D eigenvalue weighted by molar-refractivity contribution is 0.221. The topological polar surface area (TPSA) is 20.2 Å². The van der Waals surface area contributed by atoms with Gasteiger partial charge in [0.15, 0.2) is 0 Å². The Morgan fingerprint density at radius 1 is 0.905 bits per heavy atom. The molecule has 0 fully saturated rings. The summed E-state index contributed by atoms with van der Waals surface area (Å²) in [6, 6.07) is 18.3. The summed E-state index contributed by atoms with van der Waals surface area (Å²) in [4.78, 5) is 0. The van der Waals surface area contributed by atoms with Gasteiger partial charge in [0.05, 0.1) is 0 Å². The second kappa shape index (κ2) is 5.63. The van der Waals surface area contributed by atoms with Crippen LogP contribution in [0, 0.1) is 13.8 Å². The SMILES string of the molecule is Cc1cc(C(O)c2cccc3ccccc23)cc(C)c1Br. The summed E-state index contributed by atoms with van der Waals surface area (Å²) in [5, 5.41) is 13.1. The highest BCUT2D eigenvalue weighted by molar-refractivity contribution is 9.10. The Morgan fingerprint density at radius 2 is 1.52 bits per heavy atom. The Kier molecular flexibility index (Phi) is 3.83. The summed E-state index contributed by atoms with van der Waals surface area (Å²) in [7, 11) is 0. The van der Waals surface area contributed by atoms with Crippen molar-refractivity contribution in [1.29, 1.82) is 0 Å². The first-order valence-electron chi connectivity index (χ1n) is 7.00. The van der Waals surface area contributed by atoms with E-state index in [0.717, 1.165) is 37.5 Å². The van der Waals surface area contributed by atoms with E-state index < -0.39 is 6.10 Å². The van der Waals surface area contributed by atoms with Crippen molar-refractivity contribution in [3.63, 3.8) is 0 Å². The fourth-order valence-corrected chi connectivity index (χ4v) is 3.03. The Bertz CT molecular complexity index is 779. The van der Waals surface area contributed by atoms with Gasteiger partial charge < -0.3 is 5.11 Å². The molecule has 2 heteroatoms. The number of aliphatic hydroxyl groups is 1. The van der Waals surface area contributed by atoms with E-state index in [9.17, 15) is 5.11 Å². The molecule has 0 amide bonds. The van der Waals surface area contributed by atoms with E-state index in [4.69, 9.17) is 0 Å². The molecular weight excluding hydrogens is 324 g/mol. The summed E-state index contributed by atoms with van der Waals surface area (Å²) >= 11 is 3.58. The summed E-state index contributed by atoms with van der Waals surface area (Å²) in [5.41, 5.74) is 4.17. The first kappa shape index (κ1) is 14.3. The highest BCUT2D eigenvalue weighted by Gasteiger charge is 2.15. The zero-order valence-corrected chi connectivity index (χ0v) is 13.7. The number of fused-ring (bicyclic) bond motifs is 1. The van der Waals surface area contributed by atoms with E-state index in [-0.39, 0.29) is 0 Å². The Morgan fingerprint density at radius 3 is 2.24 bits per heavy atom. The molecule has 0 aromatic heterocycles. The molecule has 0 saturated carbocycles. The van der Waals surface area contributed by atoms with Crippen LogP contribution >= 0.6 is 15.9 Å². The van der Waals surface area contributed by atoms with Gasteiger partial charge in [0.2, 0.25) is 0 Å². The van der Waals surface area contributed by atoms with Gasteiger partial charge in [0.25, 0.3) is 0 Å². The fraction of sp³-hybridized carbons (Fsp3) is 0.158. The predicted octanol–water partition coefficient (Wildman–Crippen LogP) is 5.30. The van der Waals surface area contributed by atoms with Gasteiger partial charge in [-0.3, -0.25) is 0 Å². The second-order valence-electron chi connectivity index (χ2n) is 5.44. The van der Waals surface area contributed by atoms with E-state index in [1.807, 2.05) is 36.4 Å². The van der Waals surface area contributed by atoms with Crippen molar-refractivity contribution < 1.29 is 5.11 Å². The molecule has 1 atom stereocenters. The Hall–Kier alpha value is -1.64. The average Bonchev–Trinajstić information content (AvgIpc) is 2.51. The lowest BCUT2D eigenvalue weighted by atomic mass is 9.94. The molecule has 3 rings (SSSR count). The van der Waals surface area contributed by atoms with Crippen LogP contribution in [0.15, 0.2) is 59.1 Å². The van der Waals surface area contributed by atoms with Gasteiger partial charge in [0, 0.05) is 4.47 Å². The van der Waals surface area contributed by atoms with Crippen LogP contribution in [-0.4, -0.2) is 5.11 Å². The molecule has 0 aliphatic rings. The van der Waals surface area contributed by atoms with Crippen molar-refractivity contribution in [3.05, 3.63) is 81.3 Å². The average molecular weight is 341 g/mol. The number of benzene rings is 3. The van der Waals surface area contributed by atoms with Crippen LogP contribution < -0.4 is 0 Å². The van der Waals surface area contributed by atoms with E-state index in [1.54, 1.807) is 0 Å². The van der Waals surface area contributed by atoms with Gasteiger partial charge in [-0.15, -0.1) is 0 Å². The summed E-state index contributed by atoms with van der Waals surface area (Å²) in [6.07, 6.45) is -0.610. The molecule has 0 bridgehead atoms. The maximum Gasteiger partial charge on any atom is 0.105 e. The molecule has 21 heavy (non-hydrogen) atoms. The lowest BCUT2D eigenvalue weighted by Crippen LogP contribution is -2.02. The van der Waals surface area contributed by atoms with Crippen LogP contribution in [0.1, 0.15) is 28.4 Å². The van der Waals surface area contributed by atoms with E-state index >= 15 is 0 Å². The monoisotopic (exact) mass is 340 g/mol. The first-order valence-corrected chi connectivity index (χ1v) is 7.79. The summed E-state index contributed by atoms with van der Waals surface area (Å²) in [6.45, 7) is 4.10. The maximum absolute atomic E-state index is 10.8. The van der Waals surface area contributed by atoms with Gasteiger partial charge in [-0.2, -0.15) is 0 Å². The van der Waals surface area contributed by atoms with Crippen molar-refractivity contribution in [2.24, 2.45) is 0 Å². The first-order chi connectivity index (χ1) is 10.1. The zero-order chi connectivity index (χ0) is 15.0. The largest absolute Gasteiger partial charge is 0.384 e. The molecule has 0 aliphatic carbocycles. The fourth-order valence-electron chi connectivity index (χ4n) is 2.81. The molecule has 0 saturated heterocycles. The van der Waals surface area contributed by atoms with Crippen LogP contribution in [0.3, 0.4) is 0 Å². The van der Waals surface area contributed by atoms with Crippen LogP contribution in [0.5, 0.6) is 0 Å². The molecule has 0 spiro atoms. The number of hydrogen-bond acceptors (Lipinski definition) is 1. The standard InChI is InChI=1S/C19H17BrO/c1-12-10-15(11-13(2)18(12)20)19(21)17-9-5-7-14-6-3-4-8-16(14)17/h3-11,19,21H,1-2H3. The van der Waals surface area contributed by atoms with Crippen molar-refractivity contribution in [3.8, 4) is 0 Å². The molecule has 1 N–H and O–H groups in total. The Labute approximate surface area is 133 Å². The maximum atomic E-state index is 10.8. The third-order valence-corrected chi connectivity index (χ3v) is 5.14. The molecule has 1 unspecified atom stereocenters.